The summed E-state index contributed by atoms with van der Waals surface area (Å²) in [7, 11) is 1.89. The van der Waals surface area contributed by atoms with Crippen LogP contribution in [0.2, 0.25) is 0 Å². The Labute approximate surface area is 112 Å². The molecule has 1 aromatic heterocycles. The zero-order chi connectivity index (χ0) is 13.8. The van der Waals surface area contributed by atoms with E-state index in [9.17, 15) is 4.79 Å². The van der Waals surface area contributed by atoms with Crippen molar-refractivity contribution in [3.63, 3.8) is 0 Å². The number of carbonyl (C=O) groups excluding carboxylic acids is 1. The normalized spacial score (nSPS) is 12.6. The van der Waals surface area contributed by atoms with Gasteiger partial charge in [0.2, 0.25) is 0 Å². The lowest BCUT2D eigenvalue weighted by Crippen LogP contribution is -2.25. The summed E-state index contributed by atoms with van der Waals surface area (Å²) in [4.78, 5) is 11.6. The van der Waals surface area contributed by atoms with Crippen LogP contribution in [0.3, 0.4) is 0 Å². The van der Waals surface area contributed by atoms with Crippen LogP contribution in [0.15, 0.2) is 28.7 Å². The SMILES string of the molecule is CCC(=O)c1cc2ccc(O[C@H](C)CNC)cc2o1. The number of ether oxygens (including phenoxy) is 1. The van der Waals surface area contributed by atoms with Crippen LogP contribution in [0, 0.1) is 0 Å². The van der Waals surface area contributed by atoms with Crippen LogP contribution in [-0.4, -0.2) is 25.5 Å². The molecular formula is C15H19NO3. The number of Topliss-reactive ketones (excluding diaryl/α,β-unsaturated/α-hetero) is 1. The van der Waals surface area contributed by atoms with Crippen LogP contribution in [0.25, 0.3) is 11.0 Å². The van der Waals surface area contributed by atoms with E-state index in [1.165, 1.54) is 0 Å². The molecule has 2 rings (SSSR count). The van der Waals surface area contributed by atoms with Crippen molar-refractivity contribution >= 4 is 16.8 Å². The Kier molecular flexibility index (Phi) is 4.22. The van der Waals surface area contributed by atoms with Gasteiger partial charge in [0.15, 0.2) is 11.5 Å². The first-order chi connectivity index (χ1) is 9.13. The van der Waals surface area contributed by atoms with E-state index >= 15 is 0 Å². The summed E-state index contributed by atoms with van der Waals surface area (Å²) in [6.07, 6.45) is 0.525. The van der Waals surface area contributed by atoms with Crippen molar-refractivity contribution < 1.29 is 13.9 Å². The topological polar surface area (TPSA) is 51.5 Å². The number of likely N-dealkylation sites (N-methyl/N-ethyl adjacent to an activating group) is 1. The molecular weight excluding hydrogens is 242 g/mol. The van der Waals surface area contributed by atoms with Gasteiger partial charge in [0.25, 0.3) is 0 Å². The summed E-state index contributed by atoms with van der Waals surface area (Å²) >= 11 is 0. The lowest BCUT2D eigenvalue weighted by molar-refractivity contribution is 0.0963. The predicted molar refractivity (Wildman–Crippen MR) is 74.9 cm³/mol. The number of nitrogens with one attached hydrogen (secondary N) is 1. The van der Waals surface area contributed by atoms with E-state index in [4.69, 9.17) is 9.15 Å². The first-order valence-corrected chi connectivity index (χ1v) is 6.52. The minimum atomic E-state index is 0.0159. The van der Waals surface area contributed by atoms with Crippen LogP contribution in [-0.2, 0) is 0 Å². The molecule has 19 heavy (non-hydrogen) atoms. The highest BCUT2D eigenvalue weighted by Crippen LogP contribution is 2.25. The summed E-state index contributed by atoms with van der Waals surface area (Å²) < 4.78 is 11.3. The molecule has 1 N–H and O–H groups in total. The van der Waals surface area contributed by atoms with E-state index in [0.29, 0.717) is 17.8 Å². The summed E-state index contributed by atoms with van der Waals surface area (Å²) in [5, 5.41) is 3.98. The van der Waals surface area contributed by atoms with Crippen LogP contribution < -0.4 is 10.1 Å². The summed E-state index contributed by atoms with van der Waals surface area (Å²) in [6.45, 7) is 4.59. The molecule has 0 aliphatic heterocycles. The molecule has 1 atom stereocenters. The number of hydrogen-bond acceptors (Lipinski definition) is 4. The molecule has 4 heteroatoms. The van der Waals surface area contributed by atoms with Crippen molar-refractivity contribution in [2.45, 2.75) is 26.4 Å². The van der Waals surface area contributed by atoms with Crippen molar-refractivity contribution in [1.82, 2.24) is 5.32 Å². The van der Waals surface area contributed by atoms with Crippen molar-refractivity contribution in [2.75, 3.05) is 13.6 Å². The Morgan fingerprint density at radius 3 is 2.89 bits per heavy atom. The standard InChI is InChI=1S/C15H19NO3/c1-4-13(17)15-7-11-5-6-12(8-14(11)19-15)18-10(2)9-16-3/h5-8,10,16H,4,9H2,1-3H3/t10-/m1/s1. The molecule has 0 amide bonds. The smallest absolute Gasteiger partial charge is 0.197 e. The van der Waals surface area contributed by atoms with Crippen LogP contribution in [0.1, 0.15) is 30.8 Å². The molecule has 2 aromatic rings. The maximum atomic E-state index is 11.6. The zero-order valence-corrected chi connectivity index (χ0v) is 11.5. The van der Waals surface area contributed by atoms with Crippen LogP contribution >= 0.6 is 0 Å². The van der Waals surface area contributed by atoms with Gasteiger partial charge in [0.1, 0.15) is 17.4 Å². The first kappa shape index (κ1) is 13.6. The Bertz CT molecular complexity index is 574. The molecule has 102 valence electrons. The van der Waals surface area contributed by atoms with Crippen molar-refractivity contribution in [3.05, 3.63) is 30.0 Å². The minimum absolute atomic E-state index is 0.0159. The number of hydrogen-bond donors (Lipinski definition) is 1. The van der Waals surface area contributed by atoms with Gasteiger partial charge in [-0.15, -0.1) is 0 Å². The lowest BCUT2D eigenvalue weighted by Gasteiger charge is -2.13. The zero-order valence-electron chi connectivity index (χ0n) is 11.5. The number of furan rings is 1. The summed E-state index contributed by atoms with van der Waals surface area (Å²) in [5.41, 5.74) is 0.686. The van der Waals surface area contributed by atoms with E-state index < -0.39 is 0 Å². The Hall–Kier alpha value is -1.81. The fourth-order valence-corrected chi connectivity index (χ4v) is 1.96. The molecule has 0 fully saturated rings. The highest BCUT2D eigenvalue weighted by Gasteiger charge is 2.11. The van der Waals surface area contributed by atoms with E-state index in [0.717, 1.165) is 17.7 Å². The van der Waals surface area contributed by atoms with Gasteiger partial charge in [-0.25, -0.2) is 0 Å². The van der Waals surface area contributed by atoms with E-state index in [1.54, 1.807) is 6.07 Å². The fraction of sp³-hybridized carbons (Fsp3) is 0.400. The van der Waals surface area contributed by atoms with Gasteiger partial charge in [0.05, 0.1) is 0 Å². The van der Waals surface area contributed by atoms with Gasteiger partial charge in [-0.1, -0.05) is 6.92 Å². The lowest BCUT2D eigenvalue weighted by atomic mass is 10.2. The molecule has 0 radical (unpaired) electrons. The van der Waals surface area contributed by atoms with Gasteiger partial charge < -0.3 is 14.5 Å². The third kappa shape index (κ3) is 3.15. The molecule has 0 aliphatic rings. The van der Waals surface area contributed by atoms with Gasteiger partial charge in [0, 0.05) is 24.4 Å². The first-order valence-electron chi connectivity index (χ1n) is 6.52. The van der Waals surface area contributed by atoms with Crippen molar-refractivity contribution in [3.8, 4) is 5.75 Å². The Balaban J connectivity index is 2.22. The number of rotatable bonds is 6. The third-order valence-corrected chi connectivity index (χ3v) is 2.92. The average molecular weight is 261 g/mol. The number of ketones is 1. The molecule has 0 bridgehead atoms. The highest BCUT2D eigenvalue weighted by molar-refractivity contribution is 5.97. The average Bonchev–Trinajstić information content (AvgIpc) is 2.81. The highest BCUT2D eigenvalue weighted by atomic mass is 16.5. The molecule has 0 aliphatic carbocycles. The molecule has 0 saturated carbocycles. The quantitative estimate of drug-likeness (QED) is 0.812. The maximum absolute atomic E-state index is 11.6. The number of benzene rings is 1. The summed E-state index contributed by atoms with van der Waals surface area (Å²) in [6, 6.07) is 7.41. The molecule has 4 nitrogen and oxygen atoms in total. The Morgan fingerprint density at radius 2 is 2.21 bits per heavy atom. The van der Waals surface area contributed by atoms with Gasteiger partial charge in [-0.3, -0.25) is 4.79 Å². The second-order valence-corrected chi connectivity index (χ2v) is 4.57. The minimum Gasteiger partial charge on any atom is -0.489 e. The Morgan fingerprint density at radius 1 is 1.42 bits per heavy atom. The van der Waals surface area contributed by atoms with Crippen LogP contribution in [0.4, 0.5) is 0 Å². The van der Waals surface area contributed by atoms with E-state index in [2.05, 4.69) is 5.32 Å². The largest absolute Gasteiger partial charge is 0.489 e. The molecule has 0 saturated heterocycles. The molecule has 1 aromatic carbocycles. The second kappa shape index (κ2) is 5.89. The number of carbonyl (C=O) groups is 1. The maximum Gasteiger partial charge on any atom is 0.197 e. The van der Waals surface area contributed by atoms with Crippen molar-refractivity contribution in [2.24, 2.45) is 0 Å². The third-order valence-electron chi connectivity index (χ3n) is 2.92. The van der Waals surface area contributed by atoms with Gasteiger partial charge in [-0.05, 0) is 32.2 Å². The molecule has 1 heterocycles. The fourth-order valence-electron chi connectivity index (χ4n) is 1.96. The van der Waals surface area contributed by atoms with Crippen LogP contribution in [0.5, 0.6) is 5.75 Å². The summed E-state index contributed by atoms with van der Waals surface area (Å²) in [5.74, 6) is 1.18. The molecule has 0 unspecified atom stereocenters. The second-order valence-electron chi connectivity index (χ2n) is 4.57. The van der Waals surface area contributed by atoms with Gasteiger partial charge in [-0.2, -0.15) is 0 Å². The predicted octanol–water partition coefficient (Wildman–Crippen LogP) is 3.01. The van der Waals surface area contributed by atoms with Crippen molar-refractivity contribution in [1.29, 1.82) is 0 Å². The van der Waals surface area contributed by atoms with E-state index in [1.807, 2.05) is 39.1 Å². The monoisotopic (exact) mass is 261 g/mol. The molecule has 0 spiro atoms. The van der Waals surface area contributed by atoms with E-state index in [-0.39, 0.29) is 11.9 Å². The van der Waals surface area contributed by atoms with Gasteiger partial charge >= 0.3 is 0 Å². The number of fused-ring (bicyclic) bond motifs is 1.